The second-order valence-electron chi connectivity index (χ2n) is 8.91. The normalized spacial score (nSPS) is 26.4. The third-order valence-electron chi connectivity index (χ3n) is 6.76. The molecule has 2 aromatic carbocycles. The average molecular weight is 399 g/mol. The lowest BCUT2D eigenvalue weighted by atomic mass is 9.67. The fourth-order valence-corrected chi connectivity index (χ4v) is 6.78. The quantitative estimate of drug-likeness (QED) is 0.830. The van der Waals surface area contributed by atoms with Crippen LogP contribution in [-0.2, 0) is 15.4 Å². The Kier molecular flexibility index (Phi) is 4.59. The lowest BCUT2D eigenvalue weighted by Crippen LogP contribution is -2.48. The number of hydrogen-bond donors (Lipinski definition) is 1. The van der Waals surface area contributed by atoms with Gasteiger partial charge in [0.05, 0.1) is 4.90 Å². The Labute approximate surface area is 169 Å². The van der Waals surface area contributed by atoms with Crippen molar-refractivity contribution in [2.24, 2.45) is 5.92 Å². The largest absolute Gasteiger partial charge is 0.380 e. The fourth-order valence-electron chi connectivity index (χ4n) is 5.04. The van der Waals surface area contributed by atoms with E-state index in [2.05, 4.69) is 51.2 Å². The number of nitrogens with one attached hydrogen (secondary N) is 1. The first-order valence-corrected chi connectivity index (χ1v) is 11.6. The van der Waals surface area contributed by atoms with E-state index in [-0.39, 0.29) is 23.4 Å². The summed E-state index contributed by atoms with van der Waals surface area (Å²) in [5.41, 5.74) is 4.64. The molecular weight excluding hydrogens is 368 g/mol. The van der Waals surface area contributed by atoms with E-state index >= 15 is 0 Å². The van der Waals surface area contributed by atoms with Gasteiger partial charge in [-0.3, -0.25) is 0 Å². The highest BCUT2D eigenvalue weighted by molar-refractivity contribution is 7.89. The first kappa shape index (κ1) is 19.5. The second kappa shape index (κ2) is 6.60. The van der Waals surface area contributed by atoms with Crippen molar-refractivity contribution in [2.75, 3.05) is 11.9 Å². The van der Waals surface area contributed by atoms with Gasteiger partial charge in [0.1, 0.15) is 0 Å². The zero-order valence-electron chi connectivity index (χ0n) is 17.4. The zero-order chi connectivity index (χ0) is 20.3. The van der Waals surface area contributed by atoms with E-state index in [1.807, 2.05) is 19.1 Å². The topological polar surface area (TPSA) is 49.4 Å². The van der Waals surface area contributed by atoms with Crippen LogP contribution in [-0.4, -0.2) is 31.4 Å². The average Bonchev–Trinajstić information content (AvgIpc) is 3.03. The van der Waals surface area contributed by atoms with Crippen LogP contribution >= 0.6 is 0 Å². The molecule has 0 aliphatic carbocycles. The lowest BCUT2D eigenvalue weighted by molar-refractivity contribution is 0.301. The Morgan fingerprint density at radius 1 is 1.07 bits per heavy atom. The number of hydrogen-bond acceptors (Lipinski definition) is 3. The van der Waals surface area contributed by atoms with E-state index in [4.69, 9.17) is 0 Å². The maximum atomic E-state index is 13.5. The standard InChI is InChI=1S/C23H30N2O2S/c1-6-21-22-19(23(4,5)18-13-16(3)9-12-20(18)24-22)14-25(21)28(26,27)17-10-7-15(2)8-11-17/h7-13,19,21-22,24H,6,14H2,1-5H3/t19-,21?,22+/m0/s1. The molecular formula is C23H30N2O2S. The molecule has 1 saturated heterocycles. The van der Waals surface area contributed by atoms with Crippen LogP contribution in [0.5, 0.6) is 0 Å². The van der Waals surface area contributed by atoms with E-state index in [1.165, 1.54) is 11.1 Å². The molecule has 2 aliphatic rings. The van der Waals surface area contributed by atoms with Crippen molar-refractivity contribution < 1.29 is 8.42 Å². The molecule has 2 aromatic rings. The summed E-state index contributed by atoms with van der Waals surface area (Å²) in [6.45, 7) is 11.2. The van der Waals surface area contributed by atoms with Gasteiger partial charge in [-0.2, -0.15) is 4.31 Å². The number of rotatable bonds is 3. The molecule has 4 rings (SSSR count). The van der Waals surface area contributed by atoms with E-state index in [0.717, 1.165) is 17.7 Å². The van der Waals surface area contributed by atoms with Gasteiger partial charge in [-0.05, 0) is 49.4 Å². The number of aryl methyl sites for hydroxylation is 2. The molecule has 2 heterocycles. The van der Waals surface area contributed by atoms with Crippen molar-refractivity contribution in [3.63, 3.8) is 0 Å². The van der Waals surface area contributed by atoms with Gasteiger partial charge in [-0.25, -0.2) is 8.42 Å². The predicted molar refractivity (Wildman–Crippen MR) is 114 cm³/mol. The first-order valence-electron chi connectivity index (χ1n) is 10.1. The summed E-state index contributed by atoms with van der Waals surface area (Å²) in [6.07, 6.45) is 0.788. The molecule has 2 aliphatic heterocycles. The maximum Gasteiger partial charge on any atom is 0.243 e. The van der Waals surface area contributed by atoms with E-state index in [1.54, 1.807) is 16.4 Å². The number of fused-ring (bicyclic) bond motifs is 2. The number of sulfonamides is 1. The SMILES string of the molecule is CCC1[C@@H]2Nc3ccc(C)cc3C(C)(C)[C@H]2CN1S(=O)(=O)c1ccc(C)cc1. The molecule has 1 fully saturated rings. The maximum absolute atomic E-state index is 13.5. The van der Waals surface area contributed by atoms with Gasteiger partial charge in [-0.1, -0.05) is 56.2 Å². The summed E-state index contributed by atoms with van der Waals surface area (Å²) in [7, 11) is -3.53. The van der Waals surface area contributed by atoms with E-state index in [9.17, 15) is 8.42 Å². The molecule has 3 atom stereocenters. The summed E-state index contributed by atoms with van der Waals surface area (Å²) in [5, 5.41) is 3.70. The summed E-state index contributed by atoms with van der Waals surface area (Å²) in [6, 6.07) is 13.8. The minimum Gasteiger partial charge on any atom is -0.380 e. The van der Waals surface area contributed by atoms with Crippen LogP contribution in [0.4, 0.5) is 5.69 Å². The number of benzene rings is 2. The minimum absolute atomic E-state index is 0.0509. The number of anilines is 1. The summed E-state index contributed by atoms with van der Waals surface area (Å²) >= 11 is 0. The van der Waals surface area contributed by atoms with Crippen molar-refractivity contribution >= 4 is 15.7 Å². The second-order valence-corrected chi connectivity index (χ2v) is 10.8. The van der Waals surface area contributed by atoms with Crippen LogP contribution in [0, 0.1) is 19.8 Å². The van der Waals surface area contributed by atoms with Crippen molar-refractivity contribution in [3.05, 3.63) is 59.2 Å². The van der Waals surface area contributed by atoms with Gasteiger partial charge in [0.2, 0.25) is 10.0 Å². The van der Waals surface area contributed by atoms with Gasteiger partial charge >= 0.3 is 0 Å². The molecule has 28 heavy (non-hydrogen) atoms. The number of nitrogens with zero attached hydrogens (tertiary/aromatic N) is 1. The molecule has 1 unspecified atom stereocenters. The van der Waals surface area contributed by atoms with E-state index < -0.39 is 10.0 Å². The zero-order valence-corrected chi connectivity index (χ0v) is 18.2. The molecule has 4 nitrogen and oxygen atoms in total. The Hall–Kier alpha value is -1.85. The molecule has 0 spiro atoms. The molecule has 5 heteroatoms. The molecule has 0 radical (unpaired) electrons. The van der Waals surface area contributed by atoms with E-state index in [0.29, 0.717) is 11.4 Å². The fraction of sp³-hybridized carbons (Fsp3) is 0.478. The first-order chi connectivity index (χ1) is 13.2. The van der Waals surface area contributed by atoms with Crippen LogP contribution in [0.25, 0.3) is 0 Å². The minimum atomic E-state index is -3.53. The van der Waals surface area contributed by atoms with Gasteiger partial charge in [-0.15, -0.1) is 0 Å². The van der Waals surface area contributed by atoms with Gasteiger partial charge in [0, 0.05) is 30.2 Å². The highest BCUT2D eigenvalue weighted by Gasteiger charge is 2.54. The van der Waals surface area contributed by atoms with Crippen LogP contribution in [0.2, 0.25) is 0 Å². The summed E-state index contributed by atoms with van der Waals surface area (Å²) in [5.74, 6) is 0.229. The summed E-state index contributed by atoms with van der Waals surface area (Å²) < 4.78 is 28.7. The molecule has 0 saturated carbocycles. The van der Waals surface area contributed by atoms with Crippen LogP contribution in [0.3, 0.4) is 0 Å². The molecule has 0 bridgehead atoms. The third kappa shape index (κ3) is 2.87. The Morgan fingerprint density at radius 2 is 1.71 bits per heavy atom. The van der Waals surface area contributed by atoms with Crippen molar-refractivity contribution in [3.8, 4) is 0 Å². The smallest absolute Gasteiger partial charge is 0.243 e. The highest BCUT2D eigenvalue weighted by atomic mass is 32.2. The predicted octanol–water partition coefficient (Wildman–Crippen LogP) is 4.47. The van der Waals surface area contributed by atoms with Crippen molar-refractivity contribution in [1.82, 2.24) is 4.31 Å². The Bertz CT molecular complexity index is 996. The van der Waals surface area contributed by atoms with Crippen molar-refractivity contribution in [2.45, 2.75) is 63.4 Å². The molecule has 0 aromatic heterocycles. The Morgan fingerprint density at radius 3 is 2.36 bits per heavy atom. The molecule has 0 amide bonds. The highest BCUT2D eigenvalue weighted by Crippen LogP contribution is 2.49. The Balaban J connectivity index is 1.76. The summed E-state index contributed by atoms with van der Waals surface area (Å²) in [4.78, 5) is 0.390. The lowest BCUT2D eigenvalue weighted by Gasteiger charge is -2.44. The third-order valence-corrected chi connectivity index (χ3v) is 8.66. The van der Waals surface area contributed by atoms with Crippen LogP contribution < -0.4 is 5.32 Å². The molecule has 150 valence electrons. The van der Waals surface area contributed by atoms with Gasteiger partial charge in [0.15, 0.2) is 0 Å². The van der Waals surface area contributed by atoms with Gasteiger partial charge < -0.3 is 5.32 Å². The van der Waals surface area contributed by atoms with Crippen molar-refractivity contribution in [1.29, 1.82) is 0 Å². The molecule has 1 N–H and O–H groups in total. The van der Waals surface area contributed by atoms with Gasteiger partial charge in [0.25, 0.3) is 0 Å². The monoisotopic (exact) mass is 398 g/mol. The van der Waals surface area contributed by atoms with Crippen LogP contribution in [0.1, 0.15) is 43.9 Å². The van der Waals surface area contributed by atoms with Crippen LogP contribution in [0.15, 0.2) is 47.4 Å².